The van der Waals surface area contributed by atoms with E-state index in [1.54, 1.807) is 0 Å². The molecule has 0 atom stereocenters. The van der Waals surface area contributed by atoms with Gasteiger partial charge in [-0.05, 0) is 37.1 Å². The SMILES string of the molecule is CCCCCCCCCCCCCCCCOCCCOP(=O)(Oc1ccc([N+](=O)[O-])cc1)Oc1ccc([N+](=O)[O-])cc1. The van der Waals surface area contributed by atoms with E-state index in [1.165, 1.54) is 126 Å². The highest BCUT2D eigenvalue weighted by atomic mass is 31.2. The second-order valence-corrected chi connectivity index (χ2v) is 12.0. The summed E-state index contributed by atoms with van der Waals surface area (Å²) in [5.41, 5.74) is -0.314. The van der Waals surface area contributed by atoms with Crippen LogP contribution < -0.4 is 9.05 Å². The lowest BCUT2D eigenvalue weighted by Gasteiger charge is -2.19. The minimum atomic E-state index is -4.23. The molecule has 2 aromatic carbocycles. The Morgan fingerprint density at radius 1 is 0.558 bits per heavy atom. The van der Waals surface area contributed by atoms with Gasteiger partial charge in [0.05, 0.1) is 16.5 Å². The molecule has 11 nitrogen and oxygen atoms in total. The number of nitrogens with zero attached hydrogens (tertiary/aromatic N) is 2. The van der Waals surface area contributed by atoms with Crippen molar-refractivity contribution in [1.29, 1.82) is 0 Å². The average molecular weight is 623 g/mol. The maximum Gasteiger partial charge on any atom is 0.587 e. The standard InChI is InChI=1S/C31H47N2O9P/c1-2-3-4-5-6-7-8-9-10-11-12-13-14-15-25-39-26-16-27-40-43(38,41-30-21-17-28(18-22-30)32(34)35)42-31-23-19-29(20-24-31)33(36)37/h17-24H,2-16,25-27H2,1H3. The molecule has 0 saturated carbocycles. The number of phosphoric acid groups is 1. The van der Waals surface area contributed by atoms with Crippen molar-refractivity contribution in [3.63, 3.8) is 0 Å². The van der Waals surface area contributed by atoms with Gasteiger partial charge in [0.15, 0.2) is 0 Å². The molecule has 43 heavy (non-hydrogen) atoms. The summed E-state index contributed by atoms with van der Waals surface area (Å²) >= 11 is 0. The Labute approximate surface area is 255 Å². The summed E-state index contributed by atoms with van der Waals surface area (Å²) in [6, 6.07) is 9.96. The molecule has 0 saturated heterocycles. The summed E-state index contributed by atoms with van der Waals surface area (Å²) < 4.78 is 35.5. The predicted molar refractivity (Wildman–Crippen MR) is 167 cm³/mol. The number of unbranched alkanes of at least 4 members (excludes halogenated alkanes) is 13. The molecule has 0 aromatic heterocycles. The molecule has 0 bridgehead atoms. The van der Waals surface area contributed by atoms with Crippen molar-refractivity contribution in [2.24, 2.45) is 0 Å². The van der Waals surface area contributed by atoms with Crippen LogP contribution >= 0.6 is 7.82 Å². The first kappa shape index (κ1) is 36.2. The lowest BCUT2D eigenvalue weighted by atomic mass is 10.0. The van der Waals surface area contributed by atoms with Crippen molar-refractivity contribution in [3.8, 4) is 11.5 Å². The quantitative estimate of drug-likeness (QED) is 0.0433. The van der Waals surface area contributed by atoms with Crippen LogP contribution in [-0.2, 0) is 13.8 Å². The number of rotatable bonds is 26. The summed E-state index contributed by atoms with van der Waals surface area (Å²) in [7, 11) is -4.23. The molecule has 0 aliphatic carbocycles. The van der Waals surface area contributed by atoms with E-state index in [9.17, 15) is 24.8 Å². The molecule has 0 spiro atoms. The molecular formula is C31H47N2O9P. The van der Waals surface area contributed by atoms with Crippen molar-refractivity contribution in [2.45, 2.75) is 103 Å². The normalized spacial score (nSPS) is 11.4. The molecule has 0 heterocycles. The number of nitro groups is 2. The molecule has 0 aliphatic heterocycles. The van der Waals surface area contributed by atoms with Gasteiger partial charge in [0.1, 0.15) is 11.5 Å². The van der Waals surface area contributed by atoms with Crippen LogP contribution in [-0.4, -0.2) is 29.7 Å². The first-order valence-corrected chi connectivity index (χ1v) is 17.0. The van der Waals surface area contributed by atoms with Crippen molar-refractivity contribution >= 4 is 19.2 Å². The summed E-state index contributed by atoms with van der Waals surface area (Å²) in [5, 5.41) is 21.8. The molecule has 2 rings (SSSR count). The third-order valence-corrected chi connectivity index (χ3v) is 8.22. The highest BCUT2D eigenvalue weighted by Crippen LogP contribution is 2.50. The van der Waals surface area contributed by atoms with Crippen LogP contribution in [0.5, 0.6) is 11.5 Å². The van der Waals surface area contributed by atoms with Gasteiger partial charge >= 0.3 is 7.82 Å². The minimum absolute atomic E-state index is 0.00990. The van der Waals surface area contributed by atoms with Crippen LogP contribution in [0.15, 0.2) is 48.5 Å². The number of hydrogen-bond acceptors (Lipinski definition) is 9. The average Bonchev–Trinajstić information content (AvgIpc) is 2.99. The molecule has 0 unspecified atom stereocenters. The Kier molecular flexibility index (Phi) is 18.2. The molecule has 0 N–H and O–H groups in total. The van der Waals surface area contributed by atoms with Gasteiger partial charge in [-0.2, -0.15) is 0 Å². The van der Waals surface area contributed by atoms with Crippen LogP contribution in [0.4, 0.5) is 11.4 Å². The zero-order valence-corrected chi connectivity index (χ0v) is 26.3. The summed E-state index contributed by atoms with van der Waals surface area (Å²) in [5.74, 6) is 0.0924. The zero-order chi connectivity index (χ0) is 31.2. The predicted octanol–water partition coefficient (Wildman–Crippen LogP) is 9.97. The van der Waals surface area contributed by atoms with Crippen molar-refractivity contribution in [3.05, 3.63) is 68.8 Å². The van der Waals surface area contributed by atoms with Crippen LogP contribution in [0.25, 0.3) is 0 Å². The van der Waals surface area contributed by atoms with E-state index >= 15 is 0 Å². The van der Waals surface area contributed by atoms with E-state index in [2.05, 4.69) is 6.92 Å². The van der Waals surface area contributed by atoms with Gasteiger partial charge in [0.2, 0.25) is 0 Å². The number of benzene rings is 2. The third kappa shape index (κ3) is 16.4. The van der Waals surface area contributed by atoms with Gasteiger partial charge in [-0.3, -0.25) is 24.8 Å². The van der Waals surface area contributed by atoms with Gasteiger partial charge in [-0.1, -0.05) is 90.4 Å². The maximum absolute atomic E-state index is 13.4. The van der Waals surface area contributed by atoms with Gasteiger partial charge < -0.3 is 13.8 Å². The van der Waals surface area contributed by atoms with Gasteiger partial charge in [-0.15, -0.1) is 0 Å². The third-order valence-electron chi connectivity index (χ3n) is 6.85. The van der Waals surface area contributed by atoms with Crippen LogP contribution in [0.1, 0.15) is 103 Å². The molecule has 0 radical (unpaired) electrons. The van der Waals surface area contributed by atoms with E-state index < -0.39 is 17.7 Å². The Balaban J connectivity index is 1.63. The smallest absolute Gasteiger partial charge is 0.395 e. The second kappa shape index (κ2) is 21.6. The van der Waals surface area contributed by atoms with E-state index in [1.807, 2.05) is 0 Å². The fourth-order valence-electron chi connectivity index (χ4n) is 4.43. The first-order valence-electron chi connectivity index (χ1n) is 15.5. The molecule has 2 aromatic rings. The molecule has 0 amide bonds. The monoisotopic (exact) mass is 622 g/mol. The van der Waals surface area contributed by atoms with Gasteiger partial charge in [0, 0.05) is 37.5 Å². The largest absolute Gasteiger partial charge is 0.587 e. The van der Waals surface area contributed by atoms with Crippen molar-refractivity contribution in [1.82, 2.24) is 0 Å². The number of phosphoric ester groups is 1. The highest BCUT2D eigenvalue weighted by molar-refractivity contribution is 7.49. The van der Waals surface area contributed by atoms with Crippen LogP contribution in [0.2, 0.25) is 0 Å². The summed E-state index contributed by atoms with van der Waals surface area (Å²) in [6.07, 6.45) is 18.6. The highest BCUT2D eigenvalue weighted by Gasteiger charge is 2.31. The summed E-state index contributed by atoms with van der Waals surface area (Å²) in [6.45, 7) is 3.32. The first-order chi connectivity index (χ1) is 20.8. The topological polar surface area (TPSA) is 140 Å². The Bertz CT molecular complexity index is 1030. The lowest BCUT2D eigenvalue weighted by molar-refractivity contribution is -0.385. The van der Waals surface area contributed by atoms with E-state index in [-0.39, 0.29) is 29.5 Å². The molecule has 12 heteroatoms. The van der Waals surface area contributed by atoms with Crippen LogP contribution in [0.3, 0.4) is 0 Å². The fourth-order valence-corrected chi connectivity index (χ4v) is 5.68. The Hall–Kier alpha value is -3.01. The zero-order valence-electron chi connectivity index (χ0n) is 25.4. The number of nitro benzene ring substituents is 2. The molecule has 240 valence electrons. The molecule has 0 aliphatic rings. The van der Waals surface area contributed by atoms with E-state index in [0.29, 0.717) is 19.6 Å². The molecule has 0 fully saturated rings. The summed E-state index contributed by atoms with van der Waals surface area (Å²) in [4.78, 5) is 20.7. The number of hydrogen-bond donors (Lipinski definition) is 0. The van der Waals surface area contributed by atoms with Gasteiger partial charge in [0.25, 0.3) is 11.4 Å². The molecular weight excluding hydrogens is 575 g/mol. The minimum Gasteiger partial charge on any atom is -0.395 e. The number of ether oxygens (including phenoxy) is 1. The fraction of sp³-hybridized carbons (Fsp3) is 0.613. The number of non-ortho nitro benzene ring substituents is 2. The van der Waals surface area contributed by atoms with E-state index in [0.717, 1.165) is 12.8 Å². The van der Waals surface area contributed by atoms with E-state index in [4.69, 9.17) is 18.3 Å². The van der Waals surface area contributed by atoms with Crippen molar-refractivity contribution in [2.75, 3.05) is 19.8 Å². The Morgan fingerprint density at radius 3 is 1.33 bits per heavy atom. The van der Waals surface area contributed by atoms with Crippen molar-refractivity contribution < 1.29 is 32.7 Å². The maximum atomic E-state index is 13.4. The lowest BCUT2D eigenvalue weighted by Crippen LogP contribution is -2.08. The second-order valence-electron chi connectivity index (χ2n) is 10.5. The Morgan fingerprint density at radius 2 is 0.930 bits per heavy atom. The van der Waals surface area contributed by atoms with Crippen LogP contribution in [0, 0.1) is 20.2 Å². The van der Waals surface area contributed by atoms with Gasteiger partial charge in [-0.25, -0.2) is 4.57 Å².